The Hall–Kier alpha value is -2.80. The standard InChI is InChI=1S/C18H16N6S/c1-11-7-19-17-16(11)18(21-10-20-17)24-4-5-25-15(9-24)12-2-3-13-8-22-23-14(13)6-12/h2-3,6-10H,4-5H2,1H3,(H,22,23)(H,19,20,21). The molecule has 2 N–H and O–H groups in total. The highest BCUT2D eigenvalue weighted by molar-refractivity contribution is 8.08. The van der Waals surface area contributed by atoms with Crippen molar-refractivity contribution < 1.29 is 0 Å². The zero-order chi connectivity index (χ0) is 16.8. The van der Waals surface area contributed by atoms with Crippen LogP contribution in [-0.4, -0.2) is 37.4 Å². The van der Waals surface area contributed by atoms with E-state index in [-0.39, 0.29) is 0 Å². The maximum Gasteiger partial charge on any atom is 0.145 e. The highest BCUT2D eigenvalue weighted by Crippen LogP contribution is 2.35. The Morgan fingerprint density at radius 2 is 2.20 bits per heavy atom. The number of rotatable bonds is 2. The second-order valence-corrected chi connectivity index (χ2v) is 7.24. The molecule has 0 amide bonds. The molecule has 1 aliphatic rings. The lowest BCUT2D eigenvalue weighted by Gasteiger charge is -2.26. The van der Waals surface area contributed by atoms with Crippen LogP contribution in [0.4, 0.5) is 5.82 Å². The van der Waals surface area contributed by atoms with Gasteiger partial charge in [-0.25, -0.2) is 9.97 Å². The molecule has 4 heterocycles. The van der Waals surface area contributed by atoms with E-state index in [4.69, 9.17) is 0 Å². The summed E-state index contributed by atoms with van der Waals surface area (Å²) >= 11 is 1.87. The Bertz CT molecular complexity index is 1110. The molecule has 1 aliphatic heterocycles. The van der Waals surface area contributed by atoms with E-state index in [2.05, 4.69) is 61.4 Å². The van der Waals surface area contributed by atoms with Gasteiger partial charge in [0.2, 0.25) is 0 Å². The largest absolute Gasteiger partial charge is 0.346 e. The first-order chi connectivity index (χ1) is 12.3. The summed E-state index contributed by atoms with van der Waals surface area (Å²) in [6.07, 6.45) is 7.65. The third kappa shape index (κ3) is 2.39. The maximum absolute atomic E-state index is 4.56. The molecular formula is C18H16N6S. The van der Waals surface area contributed by atoms with Crippen LogP contribution in [0.25, 0.3) is 26.8 Å². The summed E-state index contributed by atoms with van der Waals surface area (Å²) in [7, 11) is 0. The molecule has 1 aromatic carbocycles. The molecule has 4 aromatic rings. The van der Waals surface area contributed by atoms with Crippen LogP contribution in [-0.2, 0) is 0 Å². The maximum atomic E-state index is 4.56. The lowest BCUT2D eigenvalue weighted by molar-refractivity contribution is 0.987. The van der Waals surface area contributed by atoms with Crippen LogP contribution in [0, 0.1) is 6.92 Å². The van der Waals surface area contributed by atoms with Crippen LogP contribution in [0.2, 0.25) is 0 Å². The number of fused-ring (bicyclic) bond motifs is 2. The van der Waals surface area contributed by atoms with Gasteiger partial charge in [0.25, 0.3) is 0 Å². The van der Waals surface area contributed by atoms with Crippen LogP contribution in [0.3, 0.4) is 0 Å². The monoisotopic (exact) mass is 348 g/mol. The lowest BCUT2D eigenvalue weighted by Crippen LogP contribution is -2.24. The van der Waals surface area contributed by atoms with E-state index in [1.165, 1.54) is 10.5 Å². The first-order valence-corrected chi connectivity index (χ1v) is 9.11. The summed E-state index contributed by atoms with van der Waals surface area (Å²) < 4.78 is 0. The number of H-pyrrole nitrogens is 2. The SMILES string of the molecule is Cc1c[nH]c2ncnc(N3C=C(c4ccc5cn[nH]c5c4)SCC3)c12. The molecule has 7 heteroatoms. The predicted molar refractivity (Wildman–Crippen MR) is 103 cm³/mol. The van der Waals surface area contributed by atoms with Gasteiger partial charge in [0.05, 0.1) is 17.1 Å². The van der Waals surface area contributed by atoms with Gasteiger partial charge in [-0.05, 0) is 24.1 Å². The summed E-state index contributed by atoms with van der Waals surface area (Å²) in [5.74, 6) is 1.98. The number of nitrogens with one attached hydrogen (secondary N) is 2. The Balaban J connectivity index is 1.60. The molecule has 0 spiro atoms. The number of anilines is 1. The number of thioether (sulfide) groups is 1. The van der Waals surface area contributed by atoms with Gasteiger partial charge in [-0.3, -0.25) is 5.10 Å². The molecule has 0 fully saturated rings. The van der Waals surface area contributed by atoms with Gasteiger partial charge >= 0.3 is 0 Å². The van der Waals surface area contributed by atoms with Gasteiger partial charge in [0.1, 0.15) is 17.8 Å². The van der Waals surface area contributed by atoms with Crippen molar-refractivity contribution in [3.8, 4) is 0 Å². The minimum Gasteiger partial charge on any atom is -0.346 e. The third-order valence-corrected chi connectivity index (χ3v) is 5.55. The number of hydrogen-bond acceptors (Lipinski definition) is 5. The average Bonchev–Trinajstić information content (AvgIpc) is 3.28. The van der Waals surface area contributed by atoms with E-state index in [9.17, 15) is 0 Å². The van der Waals surface area contributed by atoms with E-state index in [1.807, 2.05) is 24.2 Å². The van der Waals surface area contributed by atoms with Crippen molar-refractivity contribution in [1.29, 1.82) is 0 Å². The first-order valence-electron chi connectivity index (χ1n) is 8.13. The molecule has 0 bridgehead atoms. The molecule has 0 aliphatic carbocycles. The van der Waals surface area contributed by atoms with Crippen molar-refractivity contribution in [1.82, 2.24) is 25.1 Å². The highest BCUT2D eigenvalue weighted by atomic mass is 32.2. The fourth-order valence-corrected chi connectivity index (χ4v) is 4.23. The molecule has 0 unspecified atom stereocenters. The number of aryl methyl sites for hydroxylation is 1. The van der Waals surface area contributed by atoms with Crippen molar-refractivity contribution in [3.05, 3.63) is 54.2 Å². The first kappa shape index (κ1) is 14.5. The quantitative estimate of drug-likeness (QED) is 0.578. The van der Waals surface area contributed by atoms with Gasteiger partial charge in [0.15, 0.2) is 0 Å². The van der Waals surface area contributed by atoms with E-state index in [0.29, 0.717) is 0 Å². The van der Waals surface area contributed by atoms with Crippen LogP contribution in [0.15, 0.2) is 43.1 Å². The Labute approximate surface area is 148 Å². The van der Waals surface area contributed by atoms with Gasteiger partial charge < -0.3 is 9.88 Å². The molecular weight excluding hydrogens is 332 g/mol. The summed E-state index contributed by atoms with van der Waals surface area (Å²) in [6, 6.07) is 6.41. The van der Waals surface area contributed by atoms with E-state index in [0.717, 1.165) is 45.6 Å². The zero-order valence-electron chi connectivity index (χ0n) is 13.7. The Kier molecular flexibility index (Phi) is 3.27. The molecule has 6 nitrogen and oxygen atoms in total. The van der Waals surface area contributed by atoms with Crippen molar-refractivity contribution in [3.63, 3.8) is 0 Å². The van der Waals surface area contributed by atoms with Crippen LogP contribution in [0.5, 0.6) is 0 Å². The summed E-state index contributed by atoms with van der Waals surface area (Å²) in [4.78, 5) is 15.6. The molecule has 124 valence electrons. The summed E-state index contributed by atoms with van der Waals surface area (Å²) in [5.41, 5.74) is 4.30. The Morgan fingerprint density at radius 3 is 3.16 bits per heavy atom. The smallest absolute Gasteiger partial charge is 0.145 e. The van der Waals surface area contributed by atoms with E-state index in [1.54, 1.807) is 6.33 Å². The zero-order valence-corrected chi connectivity index (χ0v) is 14.5. The third-order valence-electron chi connectivity index (χ3n) is 4.51. The van der Waals surface area contributed by atoms with Gasteiger partial charge in [-0.15, -0.1) is 11.8 Å². The number of benzene rings is 1. The van der Waals surface area contributed by atoms with Gasteiger partial charge in [0, 0.05) is 35.0 Å². The minimum atomic E-state index is 0.884. The molecule has 0 saturated carbocycles. The van der Waals surface area contributed by atoms with E-state index >= 15 is 0 Å². The van der Waals surface area contributed by atoms with Gasteiger partial charge in [-0.2, -0.15) is 5.10 Å². The minimum absolute atomic E-state index is 0.884. The molecule has 5 rings (SSSR count). The fourth-order valence-electron chi connectivity index (χ4n) is 3.23. The van der Waals surface area contributed by atoms with Crippen LogP contribution >= 0.6 is 11.8 Å². The highest BCUT2D eigenvalue weighted by Gasteiger charge is 2.19. The summed E-state index contributed by atoms with van der Waals surface area (Å²) in [6.45, 7) is 3.01. The Morgan fingerprint density at radius 1 is 1.24 bits per heavy atom. The normalized spacial score (nSPS) is 15.1. The number of aromatic amines is 2. The van der Waals surface area contributed by atoms with Crippen LogP contribution in [0.1, 0.15) is 11.1 Å². The fraction of sp³-hybridized carbons (Fsp3) is 0.167. The van der Waals surface area contributed by atoms with Crippen molar-refractivity contribution >= 4 is 44.4 Å². The second kappa shape index (κ2) is 5.63. The molecule has 0 radical (unpaired) electrons. The molecule has 3 aromatic heterocycles. The van der Waals surface area contributed by atoms with E-state index < -0.39 is 0 Å². The second-order valence-electron chi connectivity index (χ2n) is 6.10. The number of nitrogens with zero attached hydrogens (tertiary/aromatic N) is 4. The number of aromatic nitrogens is 5. The summed E-state index contributed by atoms with van der Waals surface area (Å²) in [5, 5.41) is 9.37. The van der Waals surface area contributed by atoms with Gasteiger partial charge in [-0.1, -0.05) is 12.1 Å². The molecule has 25 heavy (non-hydrogen) atoms. The average molecular weight is 348 g/mol. The van der Waals surface area contributed by atoms with Crippen molar-refractivity contribution in [2.45, 2.75) is 6.92 Å². The lowest BCUT2D eigenvalue weighted by atomic mass is 10.1. The molecule has 0 saturated heterocycles. The van der Waals surface area contributed by atoms with Crippen molar-refractivity contribution in [2.24, 2.45) is 0 Å². The molecule has 0 atom stereocenters. The number of hydrogen-bond donors (Lipinski definition) is 2. The van der Waals surface area contributed by atoms with Crippen molar-refractivity contribution in [2.75, 3.05) is 17.2 Å². The van der Waals surface area contributed by atoms with Crippen LogP contribution < -0.4 is 4.90 Å². The topological polar surface area (TPSA) is 73.5 Å². The predicted octanol–water partition coefficient (Wildman–Crippen LogP) is 3.69.